The molecule has 0 amide bonds. The van der Waals surface area contributed by atoms with E-state index in [2.05, 4.69) is 19.1 Å². The normalized spacial score (nSPS) is 11.4. The predicted octanol–water partition coefficient (Wildman–Crippen LogP) is 4.92. The molecule has 18 heavy (non-hydrogen) atoms. The molecule has 1 heteroatoms. The zero-order valence-corrected chi connectivity index (χ0v) is 11.1. The molecule has 0 saturated heterocycles. The highest BCUT2D eigenvalue weighted by Gasteiger charge is 2.09. The molecule has 0 aliphatic rings. The minimum atomic E-state index is 0.374. The average Bonchev–Trinajstić information content (AvgIpc) is 2.39. The molecule has 0 aliphatic carbocycles. The van der Waals surface area contributed by atoms with Gasteiger partial charge in [0.1, 0.15) is 5.75 Å². The van der Waals surface area contributed by atoms with E-state index in [0.29, 0.717) is 5.75 Å². The van der Waals surface area contributed by atoms with Crippen LogP contribution in [0.3, 0.4) is 0 Å². The van der Waals surface area contributed by atoms with E-state index < -0.39 is 0 Å². The second-order valence-corrected chi connectivity index (χ2v) is 4.61. The molecular weight excluding hydrogens is 220 g/mol. The first-order valence-corrected chi connectivity index (χ1v) is 6.64. The van der Waals surface area contributed by atoms with Crippen molar-refractivity contribution in [1.82, 2.24) is 0 Å². The van der Waals surface area contributed by atoms with Gasteiger partial charge in [0.2, 0.25) is 0 Å². The van der Waals surface area contributed by atoms with Crippen LogP contribution in [-0.2, 0) is 6.42 Å². The first-order valence-electron chi connectivity index (χ1n) is 6.64. The fourth-order valence-electron chi connectivity index (χ4n) is 2.40. The summed E-state index contributed by atoms with van der Waals surface area (Å²) in [6.07, 6.45) is 7.54. The van der Waals surface area contributed by atoms with Crippen molar-refractivity contribution in [2.75, 3.05) is 0 Å². The minimum absolute atomic E-state index is 0.374. The third-order valence-electron chi connectivity index (χ3n) is 3.30. The lowest BCUT2D eigenvalue weighted by Crippen LogP contribution is -1.92. The van der Waals surface area contributed by atoms with Crippen LogP contribution in [0.15, 0.2) is 36.4 Å². The number of phenolic OH excluding ortho intramolecular Hbond substituents is 1. The van der Waals surface area contributed by atoms with E-state index >= 15 is 0 Å². The van der Waals surface area contributed by atoms with Crippen LogP contribution in [0.1, 0.15) is 37.8 Å². The van der Waals surface area contributed by atoms with Crippen molar-refractivity contribution in [3.05, 3.63) is 47.5 Å². The number of hydrogen-bond acceptors (Lipinski definition) is 1. The van der Waals surface area contributed by atoms with Crippen LogP contribution in [0, 0.1) is 0 Å². The predicted molar refractivity (Wildman–Crippen MR) is 78.9 cm³/mol. The number of fused-ring (bicyclic) bond motifs is 1. The number of hydrogen-bond donors (Lipinski definition) is 1. The van der Waals surface area contributed by atoms with Gasteiger partial charge in [-0.1, -0.05) is 49.8 Å². The Bertz CT molecular complexity index is 567. The highest BCUT2D eigenvalue weighted by Crippen LogP contribution is 2.32. The minimum Gasteiger partial charge on any atom is -0.507 e. The third-order valence-corrected chi connectivity index (χ3v) is 3.30. The summed E-state index contributed by atoms with van der Waals surface area (Å²) < 4.78 is 0. The Labute approximate surface area is 109 Å². The summed E-state index contributed by atoms with van der Waals surface area (Å²) >= 11 is 0. The summed E-state index contributed by atoms with van der Waals surface area (Å²) in [6, 6.07) is 9.98. The Balaban J connectivity index is 2.66. The molecule has 0 bridgehead atoms. The van der Waals surface area contributed by atoms with Crippen LogP contribution in [-0.4, -0.2) is 5.11 Å². The van der Waals surface area contributed by atoms with Crippen molar-refractivity contribution in [3.8, 4) is 5.75 Å². The zero-order valence-electron chi connectivity index (χ0n) is 11.1. The van der Waals surface area contributed by atoms with E-state index in [1.165, 1.54) is 23.8 Å². The lowest BCUT2D eigenvalue weighted by molar-refractivity contribution is 0.481. The largest absolute Gasteiger partial charge is 0.507 e. The van der Waals surface area contributed by atoms with Crippen LogP contribution < -0.4 is 0 Å². The van der Waals surface area contributed by atoms with E-state index in [9.17, 15) is 5.11 Å². The van der Waals surface area contributed by atoms with Crippen molar-refractivity contribution in [1.29, 1.82) is 0 Å². The van der Waals surface area contributed by atoms with Gasteiger partial charge < -0.3 is 5.11 Å². The Morgan fingerprint density at radius 3 is 2.56 bits per heavy atom. The molecule has 0 fully saturated rings. The Morgan fingerprint density at radius 2 is 1.89 bits per heavy atom. The first kappa shape index (κ1) is 12.7. The molecule has 0 heterocycles. The standard InChI is InChI=1S/C17H20O/c1-3-5-9-14-13(8-4-2)12-17(18)16-11-7-6-10-15(14)16/h4,6-8,10-12,18H,3,5,9H2,1-2H3. The van der Waals surface area contributed by atoms with E-state index in [1.807, 2.05) is 37.3 Å². The van der Waals surface area contributed by atoms with Gasteiger partial charge in [-0.2, -0.15) is 0 Å². The Hall–Kier alpha value is -1.76. The van der Waals surface area contributed by atoms with Gasteiger partial charge in [-0.3, -0.25) is 0 Å². The topological polar surface area (TPSA) is 20.2 Å². The smallest absolute Gasteiger partial charge is 0.124 e. The second kappa shape index (κ2) is 5.72. The maximum Gasteiger partial charge on any atom is 0.124 e. The number of benzene rings is 2. The van der Waals surface area contributed by atoms with Gasteiger partial charge in [0.05, 0.1) is 0 Å². The van der Waals surface area contributed by atoms with Crippen molar-refractivity contribution in [2.45, 2.75) is 33.1 Å². The zero-order chi connectivity index (χ0) is 13.0. The number of allylic oxidation sites excluding steroid dienone is 1. The maximum absolute atomic E-state index is 10.1. The summed E-state index contributed by atoms with van der Waals surface area (Å²) in [5.41, 5.74) is 2.49. The van der Waals surface area contributed by atoms with E-state index in [1.54, 1.807) is 0 Å². The van der Waals surface area contributed by atoms with Crippen LogP contribution >= 0.6 is 0 Å². The number of aryl methyl sites for hydroxylation is 1. The highest BCUT2D eigenvalue weighted by molar-refractivity contribution is 5.93. The van der Waals surface area contributed by atoms with Gasteiger partial charge >= 0.3 is 0 Å². The summed E-state index contributed by atoms with van der Waals surface area (Å²) in [6.45, 7) is 4.22. The van der Waals surface area contributed by atoms with Gasteiger partial charge in [0, 0.05) is 5.39 Å². The van der Waals surface area contributed by atoms with Crippen LogP contribution in [0.2, 0.25) is 0 Å². The first-order chi connectivity index (χ1) is 8.77. The van der Waals surface area contributed by atoms with E-state index in [4.69, 9.17) is 0 Å². The highest BCUT2D eigenvalue weighted by atomic mass is 16.3. The summed E-state index contributed by atoms with van der Waals surface area (Å²) in [5.74, 6) is 0.374. The molecule has 0 saturated carbocycles. The molecule has 1 N–H and O–H groups in total. The molecule has 2 aromatic carbocycles. The summed E-state index contributed by atoms with van der Waals surface area (Å²) in [5, 5.41) is 12.2. The fraction of sp³-hybridized carbons (Fsp3) is 0.294. The SMILES string of the molecule is CC=Cc1cc(O)c2ccccc2c1CCCC. The molecule has 2 rings (SSSR count). The molecule has 0 aromatic heterocycles. The van der Waals surface area contributed by atoms with E-state index in [0.717, 1.165) is 17.4 Å². The van der Waals surface area contributed by atoms with Crippen LogP contribution in [0.5, 0.6) is 5.75 Å². The van der Waals surface area contributed by atoms with Gasteiger partial charge in [-0.25, -0.2) is 0 Å². The second-order valence-electron chi connectivity index (χ2n) is 4.61. The lowest BCUT2D eigenvalue weighted by Gasteiger charge is -2.12. The molecule has 0 atom stereocenters. The van der Waals surface area contributed by atoms with Gasteiger partial charge in [0.15, 0.2) is 0 Å². The molecule has 0 unspecified atom stereocenters. The van der Waals surface area contributed by atoms with Gasteiger partial charge in [0.25, 0.3) is 0 Å². The van der Waals surface area contributed by atoms with Crippen LogP contribution in [0.25, 0.3) is 16.8 Å². The number of unbranched alkanes of at least 4 members (excludes halogenated alkanes) is 1. The van der Waals surface area contributed by atoms with Crippen molar-refractivity contribution < 1.29 is 5.11 Å². The number of rotatable bonds is 4. The van der Waals surface area contributed by atoms with Gasteiger partial charge in [-0.15, -0.1) is 0 Å². The van der Waals surface area contributed by atoms with E-state index in [-0.39, 0.29) is 0 Å². The van der Waals surface area contributed by atoms with Crippen molar-refractivity contribution >= 4 is 16.8 Å². The van der Waals surface area contributed by atoms with Crippen molar-refractivity contribution in [2.24, 2.45) is 0 Å². The number of phenols is 1. The monoisotopic (exact) mass is 240 g/mol. The molecule has 1 nitrogen and oxygen atoms in total. The van der Waals surface area contributed by atoms with Gasteiger partial charge in [-0.05, 0) is 42.3 Å². The molecule has 94 valence electrons. The maximum atomic E-state index is 10.1. The Kier molecular flexibility index (Phi) is 4.03. The van der Waals surface area contributed by atoms with Crippen LogP contribution in [0.4, 0.5) is 0 Å². The lowest BCUT2D eigenvalue weighted by atomic mass is 9.94. The Morgan fingerprint density at radius 1 is 1.17 bits per heavy atom. The molecule has 0 radical (unpaired) electrons. The number of aromatic hydroxyl groups is 1. The molecular formula is C17H20O. The third kappa shape index (κ3) is 2.40. The summed E-state index contributed by atoms with van der Waals surface area (Å²) in [7, 11) is 0. The quantitative estimate of drug-likeness (QED) is 0.804. The summed E-state index contributed by atoms with van der Waals surface area (Å²) in [4.78, 5) is 0. The molecule has 0 aliphatic heterocycles. The van der Waals surface area contributed by atoms with Crippen molar-refractivity contribution in [3.63, 3.8) is 0 Å². The molecule has 2 aromatic rings. The molecule has 0 spiro atoms. The fourth-order valence-corrected chi connectivity index (χ4v) is 2.40. The average molecular weight is 240 g/mol.